The Bertz CT molecular complexity index is 3040. The van der Waals surface area contributed by atoms with Gasteiger partial charge in [-0.05, 0) is 120 Å². The molecule has 26 nitrogen and oxygen atoms in total. The maximum Gasteiger partial charge on any atom is 0.315 e. The fourth-order valence-electron chi connectivity index (χ4n) is 15.3. The van der Waals surface area contributed by atoms with Crippen LogP contribution in [0.25, 0.3) is 0 Å². The molecule has 0 aromatic carbocycles. The van der Waals surface area contributed by atoms with Gasteiger partial charge in [0, 0.05) is 63.9 Å². The second-order valence-electron chi connectivity index (χ2n) is 36.2. The number of aliphatic hydroxyl groups excluding tert-OH is 1. The molecule has 4 aliphatic carbocycles. The third kappa shape index (κ3) is 20.8. The van der Waals surface area contributed by atoms with Gasteiger partial charge in [0.05, 0.1) is 24.2 Å². The van der Waals surface area contributed by atoms with Crippen molar-refractivity contribution in [3.05, 3.63) is 0 Å². The Hall–Kier alpha value is -6.73. The van der Waals surface area contributed by atoms with Crippen molar-refractivity contribution in [1.82, 2.24) is 62.1 Å². The number of nitrogens with one attached hydrogen (secondary N) is 8. The molecule has 562 valence electrons. The molecule has 1 unspecified atom stereocenters. The highest BCUT2D eigenvalue weighted by Crippen LogP contribution is 2.45. The molecule has 0 spiro atoms. The highest BCUT2D eigenvalue weighted by atomic mass is 16.3. The summed E-state index contributed by atoms with van der Waals surface area (Å²) in [4.78, 5) is 180. The molecule has 4 saturated heterocycles. The van der Waals surface area contributed by atoms with Gasteiger partial charge < -0.3 is 57.4 Å². The minimum Gasteiger partial charge on any atom is -0.381 e. The van der Waals surface area contributed by atoms with Crippen molar-refractivity contribution in [2.45, 2.75) is 307 Å². The molecule has 8 fully saturated rings. The average Bonchev–Trinajstić information content (AvgIpc) is 1.61. The third-order valence-electron chi connectivity index (χ3n) is 21.7. The second kappa shape index (κ2) is 31.9. The van der Waals surface area contributed by atoms with Crippen LogP contribution < -0.4 is 42.5 Å². The molecule has 4 aliphatic heterocycles. The molecule has 14 amide bonds. The van der Waals surface area contributed by atoms with Crippen molar-refractivity contribution in [2.24, 2.45) is 56.2 Å². The third-order valence-corrected chi connectivity index (χ3v) is 21.7. The van der Waals surface area contributed by atoms with E-state index in [0.29, 0.717) is 38.8 Å². The molecule has 13 atom stereocenters. The van der Waals surface area contributed by atoms with Crippen molar-refractivity contribution >= 4 is 76.9 Å². The number of rotatable bonds is 24. The van der Waals surface area contributed by atoms with Gasteiger partial charge in [0.2, 0.25) is 53.0 Å². The Morgan fingerprint density at radius 1 is 0.480 bits per heavy atom. The molecule has 4 saturated carbocycles. The molecule has 26 heteroatoms. The lowest BCUT2D eigenvalue weighted by atomic mass is 9.80. The Morgan fingerprint density at radius 2 is 0.850 bits per heavy atom. The summed E-state index contributed by atoms with van der Waals surface area (Å²) in [6.45, 7) is 34.6. The number of carbonyl (C=O) groups is 13. The summed E-state index contributed by atoms with van der Waals surface area (Å²) in [5.74, 6) is -4.52. The molecule has 9 N–H and O–H groups in total. The van der Waals surface area contributed by atoms with E-state index in [-0.39, 0.29) is 104 Å². The van der Waals surface area contributed by atoms with E-state index in [4.69, 9.17) is 0 Å². The number of imide groups is 2. The van der Waals surface area contributed by atoms with Crippen molar-refractivity contribution in [1.29, 1.82) is 0 Å². The molecule has 0 aromatic heterocycles. The number of aliphatic hydroxyl groups is 1. The van der Waals surface area contributed by atoms with Crippen LogP contribution in [0.1, 0.15) is 240 Å². The maximum absolute atomic E-state index is 14.5. The van der Waals surface area contributed by atoms with Gasteiger partial charge in [0.15, 0.2) is 6.10 Å². The van der Waals surface area contributed by atoms with E-state index in [0.717, 1.165) is 64.2 Å². The molecule has 0 aromatic rings. The van der Waals surface area contributed by atoms with Crippen LogP contribution in [0.4, 0.5) is 9.59 Å². The summed E-state index contributed by atoms with van der Waals surface area (Å²) < 4.78 is 0. The topological polar surface area (TPSA) is 351 Å². The van der Waals surface area contributed by atoms with Gasteiger partial charge in [-0.3, -0.25) is 62.5 Å². The van der Waals surface area contributed by atoms with Crippen LogP contribution in [0, 0.1) is 56.2 Å². The van der Waals surface area contributed by atoms with Crippen molar-refractivity contribution in [3.8, 4) is 0 Å². The summed E-state index contributed by atoms with van der Waals surface area (Å²) in [6.07, 6.45) is 10.0. The van der Waals surface area contributed by atoms with E-state index in [1.165, 1.54) is 9.80 Å². The minimum absolute atomic E-state index is 0.00601. The normalized spacial score (nSPS) is 25.7. The predicted molar refractivity (Wildman–Crippen MR) is 375 cm³/mol. The molecule has 0 radical (unpaired) electrons. The van der Waals surface area contributed by atoms with Crippen LogP contribution in [0.2, 0.25) is 0 Å². The highest BCUT2D eigenvalue weighted by molar-refractivity contribution is 6.38. The Morgan fingerprint density at radius 3 is 1.20 bits per heavy atom. The lowest BCUT2D eigenvalue weighted by Gasteiger charge is -2.40. The lowest BCUT2D eigenvalue weighted by molar-refractivity contribution is -0.155. The molecule has 0 bridgehead atoms. The van der Waals surface area contributed by atoms with Crippen molar-refractivity contribution in [2.75, 3.05) is 26.2 Å². The molecule has 100 heavy (non-hydrogen) atoms. The zero-order valence-electron chi connectivity index (χ0n) is 63.3. The first-order chi connectivity index (χ1) is 46.2. The average molecular weight is 1400 g/mol. The van der Waals surface area contributed by atoms with Crippen LogP contribution in [-0.4, -0.2) is 194 Å². The monoisotopic (exact) mass is 1400 g/mol. The number of piperidine rings is 2. The number of hydrogen-bond acceptors (Lipinski definition) is 14. The van der Waals surface area contributed by atoms with Crippen molar-refractivity contribution < 1.29 is 67.4 Å². The SMILES string of the molecule is CCC[C@H](NC(=O)[C@@H]1[C@H]2CCC[C@H]2CN1C(=O)[C@@H](NC(=O)N[C@H](CN1C(=O)CC(C)(C)CC1=O)C(C)(C)C)C(C)(C)C)C(=O)C(=O)NC1CC1.CCC[C@H](NC(=O)[C@@H]1[C@H]2CCC[C@H]2CN1C(=O)[C@@H](NC(=O)N[C@H](CN1C(=O)CC(C)(C)CC1=O)C(C)(C)C)C(C)(C)C)C(O)C(=O)NC1CC1. The second-order valence-corrected chi connectivity index (χ2v) is 36.2. The smallest absolute Gasteiger partial charge is 0.315 e. The Balaban J connectivity index is 0.000000281. The maximum atomic E-state index is 14.5. The van der Waals surface area contributed by atoms with Gasteiger partial charge in [0.1, 0.15) is 24.2 Å². The first kappa shape index (κ1) is 80.6. The quantitative estimate of drug-likeness (QED) is 0.0402. The predicted octanol–water partition coefficient (Wildman–Crippen LogP) is 5.89. The van der Waals surface area contributed by atoms with Crippen LogP contribution in [-0.2, 0) is 52.7 Å². The van der Waals surface area contributed by atoms with Gasteiger partial charge in [0.25, 0.3) is 11.8 Å². The van der Waals surface area contributed by atoms with Crippen LogP contribution in [0.5, 0.6) is 0 Å². The summed E-state index contributed by atoms with van der Waals surface area (Å²) in [5.41, 5.74) is -3.41. The van der Waals surface area contributed by atoms with Crippen molar-refractivity contribution in [3.63, 3.8) is 0 Å². The number of Topliss-reactive ketones (excluding diaryl/α,β-unsaturated/α-hetero) is 1. The molecular weight excluding hydrogens is 1280 g/mol. The van der Waals surface area contributed by atoms with Gasteiger partial charge in [-0.25, -0.2) is 9.59 Å². The summed E-state index contributed by atoms with van der Waals surface area (Å²) in [5, 5.41) is 33.9. The number of urea groups is 2. The number of ketones is 1. The zero-order chi connectivity index (χ0) is 74.7. The first-order valence-electron chi connectivity index (χ1n) is 37.1. The number of hydrogen-bond donors (Lipinski definition) is 9. The summed E-state index contributed by atoms with van der Waals surface area (Å²) in [6, 6.07) is -7.82. The Labute approximate surface area is 593 Å². The van der Waals surface area contributed by atoms with E-state index in [1.54, 1.807) is 9.80 Å². The first-order valence-corrected chi connectivity index (χ1v) is 37.1. The van der Waals surface area contributed by atoms with E-state index in [2.05, 4.69) is 42.5 Å². The molecule has 8 rings (SSSR count). The van der Waals surface area contributed by atoms with E-state index in [1.807, 2.05) is 125 Å². The number of fused-ring (bicyclic) bond motifs is 2. The molecular formula is C74H122N12O14. The minimum atomic E-state index is -1.41. The number of nitrogens with zero attached hydrogens (tertiary/aromatic N) is 4. The van der Waals surface area contributed by atoms with Gasteiger partial charge >= 0.3 is 12.1 Å². The molecule has 8 aliphatic rings. The zero-order valence-corrected chi connectivity index (χ0v) is 63.3. The lowest BCUT2D eigenvalue weighted by Crippen LogP contribution is -2.63. The van der Waals surface area contributed by atoms with Gasteiger partial charge in [-0.2, -0.15) is 0 Å². The van der Waals surface area contributed by atoms with Gasteiger partial charge in [-0.15, -0.1) is 0 Å². The van der Waals surface area contributed by atoms with Crippen LogP contribution in [0.15, 0.2) is 0 Å². The number of carbonyl (C=O) groups excluding carboxylic acids is 13. The summed E-state index contributed by atoms with van der Waals surface area (Å²) in [7, 11) is 0. The van der Waals surface area contributed by atoms with Gasteiger partial charge in [-0.1, -0.05) is 150 Å². The van der Waals surface area contributed by atoms with E-state index < -0.39 is 134 Å². The number of likely N-dealkylation sites (tertiary alicyclic amines) is 4. The Kier molecular flexibility index (Phi) is 25.7. The fourth-order valence-corrected chi connectivity index (χ4v) is 15.3. The fraction of sp³-hybridized carbons (Fsp3) is 0.824. The number of amides is 14. The highest BCUT2D eigenvalue weighted by Gasteiger charge is 2.55. The largest absolute Gasteiger partial charge is 0.381 e. The molecule has 4 heterocycles. The standard InChI is InChI=1S/C37H62N6O7.C37H60N6O7/c2*1-10-12-24(29(46)32(48)38-22-15-16-22)39-31(47)28-23-14-11-13-21(23)19-43(28)33(49)30(36(5,6)7)41-34(50)40-25(35(2,3)4)20-42-26(44)17-37(8,9)18-27(42)45/h21-25,28-30,46H,10-20H2,1-9H3,(H,38,48)(H,39,47)(H2,40,41,50);21-25,28,30H,10-20H2,1-9H3,(H,38,48)(H,39,47)(H2,40,41,50)/t21-,23-,24-,25+,28-,29?,30+;21-,23-,24-,25+,28-,30+/m00/s1. The van der Waals surface area contributed by atoms with Crippen LogP contribution in [0.3, 0.4) is 0 Å². The summed E-state index contributed by atoms with van der Waals surface area (Å²) >= 11 is 0. The van der Waals surface area contributed by atoms with E-state index in [9.17, 15) is 67.4 Å². The van der Waals surface area contributed by atoms with E-state index >= 15 is 0 Å². The van der Waals surface area contributed by atoms with Crippen LogP contribution >= 0.6 is 0 Å².